The first-order valence-corrected chi connectivity index (χ1v) is 5.91. The SMILES string of the molecule is Cc1c(Br)ccc(Cl)c1C(=O)CBr. The number of benzene rings is 1. The summed E-state index contributed by atoms with van der Waals surface area (Å²) < 4.78 is 0.904. The normalized spacial score (nSPS) is 10.2. The highest BCUT2D eigenvalue weighted by Gasteiger charge is 2.13. The zero-order chi connectivity index (χ0) is 10.0. The van der Waals surface area contributed by atoms with Gasteiger partial charge in [-0.05, 0) is 24.6 Å². The summed E-state index contributed by atoms with van der Waals surface area (Å²) in [6, 6.07) is 3.55. The lowest BCUT2D eigenvalue weighted by atomic mass is 10.1. The summed E-state index contributed by atoms with van der Waals surface area (Å²) in [5.74, 6) is 0.00352. The average Bonchev–Trinajstić information content (AvgIpc) is 2.12. The molecule has 0 aromatic heterocycles. The standard InChI is InChI=1S/C9H7Br2ClO/c1-5-6(11)2-3-7(12)9(5)8(13)4-10/h2-3H,4H2,1H3. The van der Waals surface area contributed by atoms with E-state index in [-0.39, 0.29) is 5.78 Å². The number of halogens is 3. The summed E-state index contributed by atoms with van der Waals surface area (Å²) in [5.41, 5.74) is 1.48. The van der Waals surface area contributed by atoms with E-state index in [0.717, 1.165) is 10.0 Å². The number of hydrogen-bond donors (Lipinski definition) is 0. The Morgan fingerprint density at radius 2 is 2.15 bits per heavy atom. The van der Waals surface area contributed by atoms with Crippen LogP contribution in [0.2, 0.25) is 5.02 Å². The van der Waals surface area contributed by atoms with Crippen molar-refractivity contribution in [1.29, 1.82) is 0 Å². The van der Waals surface area contributed by atoms with Gasteiger partial charge in [0.05, 0.1) is 10.4 Å². The number of alkyl halides is 1. The van der Waals surface area contributed by atoms with E-state index >= 15 is 0 Å². The van der Waals surface area contributed by atoms with Gasteiger partial charge in [-0.2, -0.15) is 0 Å². The maximum absolute atomic E-state index is 11.5. The second kappa shape index (κ2) is 4.58. The molecule has 0 N–H and O–H groups in total. The number of ketones is 1. The molecule has 0 spiro atoms. The Kier molecular flexibility index (Phi) is 3.95. The van der Waals surface area contributed by atoms with E-state index in [1.807, 2.05) is 13.0 Å². The van der Waals surface area contributed by atoms with Gasteiger partial charge in [-0.3, -0.25) is 4.79 Å². The molecule has 1 aromatic carbocycles. The first-order valence-electron chi connectivity index (χ1n) is 3.61. The third kappa shape index (κ3) is 2.33. The van der Waals surface area contributed by atoms with Gasteiger partial charge in [0.25, 0.3) is 0 Å². The van der Waals surface area contributed by atoms with E-state index in [0.29, 0.717) is 15.9 Å². The van der Waals surface area contributed by atoms with Gasteiger partial charge in [-0.25, -0.2) is 0 Å². The quantitative estimate of drug-likeness (QED) is 0.593. The number of rotatable bonds is 2. The van der Waals surface area contributed by atoms with Crippen LogP contribution >= 0.6 is 43.5 Å². The third-order valence-corrected chi connectivity index (χ3v) is 3.43. The van der Waals surface area contributed by atoms with Gasteiger partial charge < -0.3 is 0 Å². The molecular formula is C9H7Br2ClO. The van der Waals surface area contributed by atoms with Gasteiger partial charge in [0.15, 0.2) is 5.78 Å². The predicted octanol–water partition coefficient (Wildman–Crippen LogP) is 3.99. The molecule has 0 aliphatic rings. The van der Waals surface area contributed by atoms with Crippen molar-refractivity contribution in [2.75, 3.05) is 5.33 Å². The molecule has 1 nitrogen and oxygen atoms in total. The Hall–Kier alpha value is 0.140. The van der Waals surface area contributed by atoms with E-state index in [9.17, 15) is 4.79 Å². The Bertz CT molecular complexity index is 350. The minimum absolute atomic E-state index is 0.00352. The fourth-order valence-electron chi connectivity index (χ4n) is 1.06. The van der Waals surface area contributed by atoms with Crippen molar-refractivity contribution in [3.05, 3.63) is 32.8 Å². The highest BCUT2D eigenvalue weighted by atomic mass is 79.9. The van der Waals surface area contributed by atoms with Crippen molar-refractivity contribution in [2.45, 2.75) is 6.92 Å². The Morgan fingerprint density at radius 1 is 1.54 bits per heavy atom. The van der Waals surface area contributed by atoms with Crippen LogP contribution in [0, 0.1) is 6.92 Å². The van der Waals surface area contributed by atoms with E-state index in [2.05, 4.69) is 31.9 Å². The molecule has 0 saturated heterocycles. The lowest BCUT2D eigenvalue weighted by molar-refractivity contribution is 0.102. The maximum atomic E-state index is 11.5. The first kappa shape index (κ1) is 11.2. The largest absolute Gasteiger partial charge is 0.293 e. The molecule has 0 heterocycles. The van der Waals surface area contributed by atoms with Crippen LogP contribution in [0.1, 0.15) is 15.9 Å². The molecule has 70 valence electrons. The van der Waals surface area contributed by atoms with Crippen LogP contribution in [0.15, 0.2) is 16.6 Å². The van der Waals surface area contributed by atoms with Crippen molar-refractivity contribution >= 4 is 49.2 Å². The molecule has 1 aromatic rings. The number of carbonyl (C=O) groups is 1. The van der Waals surface area contributed by atoms with Crippen LogP contribution in [0.5, 0.6) is 0 Å². The molecule has 0 aliphatic carbocycles. The Labute approximate surface area is 98.7 Å². The molecule has 0 amide bonds. The van der Waals surface area contributed by atoms with Crippen molar-refractivity contribution < 1.29 is 4.79 Å². The zero-order valence-electron chi connectivity index (χ0n) is 6.90. The lowest BCUT2D eigenvalue weighted by Gasteiger charge is -2.06. The molecule has 4 heteroatoms. The molecular weight excluding hydrogens is 319 g/mol. The number of hydrogen-bond acceptors (Lipinski definition) is 1. The topological polar surface area (TPSA) is 17.1 Å². The number of carbonyl (C=O) groups excluding carboxylic acids is 1. The molecule has 0 atom stereocenters. The van der Waals surface area contributed by atoms with Crippen LogP contribution in [0.25, 0.3) is 0 Å². The van der Waals surface area contributed by atoms with Crippen molar-refractivity contribution in [1.82, 2.24) is 0 Å². The fourth-order valence-corrected chi connectivity index (χ4v) is 1.98. The van der Waals surface area contributed by atoms with Gasteiger partial charge in [-0.1, -0.05) is 43.5 Å². The van der Waals surface area contributed by atoms with Crippen LogP contribution in [0.4, 0.5) is 0 Å². The van der Waals surface area contributed by atoms with Crippen LogP contribution in [0.3, 0.4) is 0 Å². The van der Waals surface area contributed by atoms with Gasteiger partial charge in [0.1, 0.15) is 0 Å². The molecule has 0 bridgehead atoms. The second-order valence-electron chi connectivity index (χ2n) is 2.59. The lowest BCUT2D eigenvalue weighted by Crippen LogP contribution is -2.04. The average molecular weight is 326 g/mol. The summed E-state index contributed by atoms with van der Waals surface area (Å²) in [6.07, 6.45) is 0. The van der Waals surface area contributed by atoms with Crippen molar-refractivity contribution in [3.63, 3.8) is 0 Å². The summed E-state index contributed by atoms with van der Waals surface area (Å²) in [4.78, 5) is 11.5. The molecule has 0 saturated carbocycles. The molecule has 13 heavy (non-hydrogen) atoms. The monoisotopic (exact) mass is 324 g/mol. The molecule has 0 aliphatic heterocycles. The van der Waals surface area contributed by atoms with Gasteiger partial charge in [-0.15, -0.1) is 0 Å². The molecule has 0 fully saturated rings. The maximum Gasteiger partial charge on any atom is 0.175 e. The molecule has 0 unspecified atom stereocenters. The van der Waals surface area contributed by atoms with Gasteiger partial charge in [0, 0.05) is 10.0 Å². The summed E-state index contributed by atoms with van der Waals surface area (Å²) in [6.45, 7) is 1.87. The van der Waals surface area contributed by atoms with Crippen LogP contribution in [-0.4, -0.2) is 11.1 Å². The summed E-state index contributed by atoms with van der Waals surface area (Å²) in [7, 11) is 0. The van der Waals surface area contributed by atoms with Gasteiger partial charge >= 0.3 is 0 Å². The minimum Gasteiger partial charge on any atom is -0.293 e. The van der Waals surface area contributed by atoms with Crippen LogP contribution < -0.4 is 0 Å². The predicted molar refractivity (Wildman–Crippen MR) is 62.0 cm³/mol. The van der Waals surface area contributed by atoms with Crippen molar-refractivity contribution in [3.8, 4) is 0 Å². The molecule has 0 radical (unpaired) electrons. The summed E-state index contributed by atoms with van der Waals surface area (Å²) >= 11 is 12.4. The second-order valence-corrected chi connectivity index (χ2v) is 4.41. The van der Waals surface area contributed by atoms with Crippen molar-refractivity contribution in [2.24, 2.45) is 0 Å². The Morgan fingerprint density at radius 3 is 2.69 bits per heavy atom. The third-order valence-electron chi connectivity index (χ3n) is 1.75. The van der Waals surface area contributed by atoms with E-state index < -0.39 is 0 Å². The minimum atomic E-state index is 0.00352. The first-order chi connectivity index (χ1) is 6.07. The molecule has 1 rings (SSSR count). The van der Waals surface area contributed by atoms with E-state index in [1.165, 1.54) is 0 Å². The summed E-state index contributed by atoms with van der Waals surface area (Å²) in [5, 5.41) is 0.800. The fraction of sp³-hybridized carbons (Fsp3) is 0.222. The highest BCUT2D eigenvalue weighted by molar-refractivity contribution is 9.10. The smallest absolute Gasteiger partial charge is 0.175 e. The Balaban J connectivity index is 3.33. The highest BCUT2D eigenvalue weighted by Crippen LogP contribution is 2.27. The number of Topliss-reactive ketones (excluding diaryl/α,β-unsaturated/α-hetero) is 1. The van der Waals surface area contributed by atoms with Gasteiger partial charge in [0.2, 0.25) is 0 Å². The van der Waals surface area contributed by atoms with E-state index in [1.54, 1.807) is 6.07 Å². The van der Waals surface area contributed by atoms with Crippen LogP contribution in [-0.2, 0) is 0 Å². The van der Waals surface area contributed by atoms with E-state index in [4.69, 9.17) is 11.6 Å². The zero-order valence-corrected chi connectivity index (χ0v) is 10.8.